The van der Waals surface area contributed by atoms with Crippen LogP contribution < -0.4 is 21.3 Å². The lowest BCUT2D eigenvalue weighted by atomic mass is 10.0. The van der Waals surface area contributed by atoms with Gasteiger partial charge in [0.15, 0.2) is 0 Å². The zero-order chi connectivity index (χ0) is 38.4. The Labute approximate surface area is 318 Å². The summed E-state index contributed by atoms with van der Waals surface area (Å²) in [6.45, 7) is 2.50. The molecule has 0 aliphatic heterocycles. The first-order valence-corrected chi connectivity index (χ1v) is 19.2. The Hall–Kier alpha value is -5.52. The largest absolute Gasteiger partial charge is 0.508 e. The number of carbonyl (C=O) groups is 4. The highest BCUT2D eigenvalue weighted by Gasteiger charge is 2.30. The molecule has 12 nitrogen and oxygen atoms in total. The SMILES string of the molecule is CCCCCCCCCCC(=O)N[C@@H](Cc1cnc[nH]1)C(=O)N[C@@H](Cc1ccccc1)C(=O)N[C@@H](Cc1ccc(O)cc1)C(=O)NCCc1ccccn1. The fraction of sp³-hybridized carbons (Fsp3) is 0.429. The Balaban J connectivity index is 1.46. The molecule has 2 aromatic carbocycles. The standard InChI is InChI=1S/C42H55N7O5/c1-2-3-4-5-6-7-8-12-18-39(51)47-38(28-34-29-43-30-46-34)42(54)49-37(26-31-15-10-9-11-16-31)41(53)48-36(27-32-19-21-35(50)22-20-32)40(52)45-25-23-33-17-13-14-24-44-33/h9-11,13-17,19-22,24,29-30,36-38,50H,2-8,12,18,23,25-28H2,1H3,(H,43,46)(H,45,52)(H,47,51)(H,48,53)(H,49,54)/t36-,37-,38-/m0/s1. The molecule has 0 unspecified atom stereocenters. The molecule has 0 bridgehead atoms. The van der Waals surface area contributed by atoms with E-state index in [9.17, 15) is 24.3 Å². The lowest BCUT2D eigenvalue weighted by Gasteiger charge is -2.25. The third kappa shape index (κ3) is 15.2. The van der Waals surface area contributed by atoms with Crippen LogP contribution in [0.5, 0.6) is 5.75 Å². The van der Waals surface area contributed by atoms with Crippen LogP contribution in [0.25, 0.3) is 0 Å². The van der Waals surface area contributed by atoms with Crippen molar-refractivity contribution < 1.29 is 24.3 Å². The van der Waals surface area contributed by atoms with E-state index >= 15 is 0 Å². The fourth-order valence-corrected chi connectivity index (χ4v) is 6.18. The van der Waals surface area contributed by atoms with Crippen LogP contribution in [0.3, 0.4) is 0 Å². The maximum atomic E-state index is 14.1. The van der Waals surface area contributed by atoms with E-state index in [1.54, 1.807) is 24.5 Å². The Morgan fingerprint density at radius 2 is 1.30 bits per heavy atom. The van der Waals surface area contributed by atoms with Crippen molar-refractivity contribution in [1.82, 2.24) is 36.2 Å². The van der Waals surface area contributed by atoms with Gasteiger partial charge in [-0.3, -0.25) is 24.2 Å². The fourth-order valence-electron chi connectivity index (χ4n) is 6.18. The van der Waals surface area contributed by atoms with E-state index in [2.05, 4.69) is 43.1 Å². The van der Waals surface area contributed by atoms with Crippen molar-refractivity contribution in [2.24, 2.45) is 0 Å². The van der Waals surface area contributed by atoms with Gasteiger partial charge in [-0.1, -0.05) is 100 Å². The van der Waals surface area contributed by atoms with Crippen LogP contribution in [-0.4, -0.2) is 68.4 Å². The average Bonchev–Trinajstić information content (AvgIpc) is 3.70. The number of hydrogen-bond donors (Lipinski definition) is 6. The summed E-state index contributed by atoms with van der Waals surface area (Å²) < 4.78 is 0. The maximum Gasteiger partial charge on any atom is 0.243 e. The van der Waals surface area contributed by atoms with Crippen molar-refractivity contribution in [2.45, 2.75) is 109 Å². The number of amides is 4. The van der Waals surface area contributed by atoms with Crippen molar-refractivity contribution in [1.29, 1.82) is 0 Å². The molecule has 2 aromatic heterocycles. The van der Waals surface area contributed by atoms with Gasteiger partial charge in [-0.25, -0.2) is 4.98 Å². The number of H-pyrrole nitrogens is 1. The number of rotatable bonds is 24. The first kappa shape index (κ1) is 41.2. The van der Waals surface area contributed by atoms with Crippen LogP contribution in [0.1, 0.15) is 87.2 Å². The minimum absolute atomic E-state index is 0.0827. The van der Waals surface area contributed by atoms with Crippen LogP contribution in [0, 0.1) is 0 Å². The van der Waals surface area contributed by atoms with Crippen LogP contribution in [-0.2, 0) is 44.9 Å². The molecule has 4 rings (SSSR count). The van der Waals surface area contributed by atoms with Crippen molar-refractivity contribution in [3.05, 3.63) is 114 Å². The first-order chi connectivity index (χ1) is 26.3. The number of aromatic hydroxyl groups is 1. The van der Waals surface area contributed by atoms with E-state index in [-0.39, 0.29) is 30.9 Å². The summed E-state index contributed by atoms with van der Waals surface area (Å²) in [6, 6.07) is 18.2. The quantitative estimate of drug-likeness (QED) is 0.0555. The van der Waals surface area contributed by atoms with Crippen molar-refractivity contribution >= 4 is 23.6 Å². The summed E-state index contributed by atoms with van der Waals surface area (Å²) in [4.78, 5) is 66.2. The second-order valence-corrected chi connectivity index (χ2v) is 13.7. The molecule has 4 amide bonds. The van der Waals surface area contributed by atoms with E-state index in [1.165, 1.54) is 44.1 Å². The van der Waals surface area contributed by atoms with E-state index < -0.39 is 35.8 Å². The van der Waals surface area contributed by atoms with Gasteiger partial charge in [-0.15, -0.1) is 0 Å². The highest BCUT2D eigenvalue weighted by molar-refractivity contribution is 5.94. The van der Waals surface area contributed by atoms with Crippen LogP contribution >= 0.6 is 0 Å². The lowest BCUT2D eigenvalue weighted by Crippen LogP contribution is -2.58. The number of aromatic nitrogens is 3. The Morgan fingerprint density at radius 3 is 1.93 bits per heavy atom. The highest BCUT2D eigenvalue weighted by atomic mass is 16.3. The summed E-state index contributed by atoms with van der Waals surface area (Å²) >= 11 is 0. The molecule has 0 fully saturated rings. The topological polar surface area (TPSA) is 178 Å². The smallest absolute Gasteiger partial charge is 0.243 e. The van der Waals surface area contributed by atoms with Gasteiger partial charge in [0.05, 0.1) is 6.33 Å². The summed E-state index contributed by atoms with van der Waals surface area (Å²) in [5.41, 5.74) is 3.00. The molecule has 0 aliphatic rings. The second kappa shape index (κ2) is 23.2. The maximum absolute atomic E-state index is 14.1. The predicted octanol–water partition coefficient (Wildman–Crippen LogP) is 4.88. The van der Waals surface area contributed by atoms with Crippen molar-refractivity contribution in [3.63, 3.8) is 0 Å². The highest BCUT2D eigenvalue weighted by Crippen LogP contribution is 2.13. The minimum Gasteiger partial charge on any atom is -0.508 e. The molecule has 0 radical (unpaired) electrons. The number of imidazole rings is 1. The molecular weight excluding hydrogens is 683 g/mol. The van der Waals surface area contributed by atoms with E-state index in [1.807, 2.05) is 48.5 Å². The molecule has 12 heteroatoms. The monoisotopic (exact) mass is 737 g/mol. The molecule has 0 aliphatic carbocycles. The zero-order valence-corrected chi connectivity index (χ0v) is 31.3. The van der Waals surface area contributed by atoms with Gasteiger partial charge in [0, 0.05) is 62.4 Å². The summed E-state index contributed by atoms with van der Waals surface area (Å²) in [7, 11) is 0. The molecule has 0 saturated heterocycles. The Bertz CT molecular complexity index is 1690. The number of nitrogens with one attached hydrogen (secondary N) is 5. The summed E-state index contributed by atoms with van der Waals surface area (Å²) in [5.74, 6) is -1.64. The molecule has 2 heterocycles. The van der Waals surface area contributed by atoms with E-state index in [0.717, 1.165) is 42.5 Å². The number of pyridine rings is 1. The van der Waals surface area contributed by atoms with Gasteiger partial charge in [0.25, 0.3) is 0 Å². The Kier molecular flexibility index (Phi) is 17.7. The van der Waals surface area contributed by atoms with Gasteiger partial charge >= 0.3 is 0 Å². The molecule has 4 aromatic rings. The number of aromatic amines is 1. The number of nitrogens with zero attached hydrogens (tertiary/aromatic N) is 2. The molecule has 54 heavy (non-hydrogen) atoms. The van der Waals surface area contributed by atoms with Crippen LogP contribution in [0.2, 0.25) is 0 Å². The molecule has 3 atom stereocenters. The number of phenols is 1. The summed E-state index contributed by atoms with van der Waals surface area (Å²) in [6.07, 6.45) is 14.8. The number of benzene rings is 2. The number of hydrogen-bond acceptors (Lipinski definition) is 7. The van der Waals surface area contributed by atoms with Gasteiger partial charge in [-0.05, 0) is 41.8 Å². The van der Waals surface area contributed by atoms with Crippen molar-refractivity contribution in [2.75, 3.05) is 6.54 Å². The van der Waals surface area contributed by atoms with Crippen LogP contribution in [0.4, 0.5) is 0 Å². The first-order valence-electron chi connectivity index (χ1n) is 19.2. The lowest BCUT2D eigenvalue weighted by molar-refractivity contribution is -0.133. The molecular formula is C42H55N7O5. The third-order valence-corrected chi connectivity index (χ3v) is 9.22. The average molecular weight is 738 g/mol. The predicted molar refractivity (Wildman–Crippen MR) is 208 cm³/mol. The normalized spacial score (nSPS) is 12.6. The van der Waals surface area contributed by atoms with E-state index in [0.29, 0.717) is 25.1 Å². The van der Waals surface area contributed by atoms with Gasteiger partial charge in [0.1, 0.15) is 23.9 Å². The molecule has 288 valence electrons. The second-order valence-electron chi connectivity index (χ2n) is 13.7. The molecule has 6 N–H and O–H groups in total. The van der Waals surface area contributed by atoms with Crippen LogP contribution in [0.15, 0.2) is 91.5 Å². The summed E-state index contributed by atoms with van der Waals surface area (Å²) in [5, 5.41) is 21.4. The number of unbranched alkanes of at least 4 members (excludes halogenated alkanes) is 7. The minimum atomic E-state index is -1.07. The van der Waals surface area contributed by atoms with Gasteiger partial charge < -0.3 is 31.4 Å². The molecule has 0 spiro atoms. The Morgan fingerprint density at radius 1 is 0.685 bits per heavy atom. The third-order valence-electron chi connectivity index (χ3n) is 9.22. The zero-order valence-electron chi connectivity index (χ0n) is 31.3. The van der Waals surface area contributed by atoms with Crippen molar-refractivity contribution in [3.8, 4) is 5.75 Å². The number of phenolic OH excluding ortho intramolecular Hbond substituents is 1. The number of carbonyl (C=O) groups excluding carboxylic acids is 4. The van der Waals surface area contributed by atoms with E-state index in [4.69, 9.17) is 0 Å². The van der Waals surface area contributed by atoms with Gasteiger partial charge in [0.2, 0.25) is 23.6 Å². The molecule has 0 saturated carbocycles. The van der Waals surface area contributed by atoms with Gasteiger partial charge in [-0.2, -0.15) is 0 Å².